The summed E-state index contributed by atoms with van der Waals surface area (Å²) in [5.41, 5.74) is 0.788. The number of halogens is 2. The van der Waals surface area contributed by atoms with E-state index in [1.807, 2.05) is 0 Å². The number of benzene rings is 1. The highest BCUT2D eigenvalue weighted by Crippen LogP contribution is 2.18. The van der Waals surface area contributed by atoms with Crippen molar-refractivity contribution in [1.29, 1.82) is 0 Å². The Morgan fingerprint density at radius 2 is 2.25 bits per heavy atom. The summed E-state index contributed by atoms with van der Waals surface area (Å²) in [5, 5.41) is 10.4. The molecule has 1 aromatic heterocycles. The van der Waals surface area contributed by atoms with Crippen LogP contribution in [0.3, 0.4) is 0 Å². The van der Waals surface area contributed by atoms with Gasteiger partial charge in [-0.25, -0.2) is 4.39 Å². The van der Waals surface area contributed by atoms with Crippen molar-refractivity contribution in [3.05, 3.63) is 39.9 Å². The first-order valence-electron chi connectivity index (χ1n) is 4.63. The molecule has 2 aromatic rings. The number of hydrogen-bond donors (Lipinski definition) is 1. The van der Waals surface area contributed by atoms with Gasteiger partial charge >= 0.3 is 6.01 Å². The fraction of sp³-hybridized carbons (Fsp3) is 0.200. The lowest BCUT2D eigenvalue weighted by atomic mass is 10.2. The van der Waals surface area contributed by atoms with Gasteiger partial charge in [-0.2, -0.15) is 0 Å². The third-order valence-corrected chi connectivity index (χ3v) is 2.74. The van der Waals surface area contributed by atoms with E-state index < -0.39 is 0 Å². The van der Waals surface area contributed by atoms with E-state index in [0.29, 0.717) is 18.5 Å². The number of rotatable bonds is 3. The molecule has 1 heterocycles. The summed E-state index contributed by atoms with van der Waals surface area (Å²) in [6, 6.07) is 4.82. The number of anilines is 1. The van der Waals surface area contributed by atoms with E-state index >= 15 is 0 Å². The second-order valence-electron chi connectivity index (χ2n) is 3.22. The van der Waals surface area contributed by atoms with Crippen molar-refractivity contribution < 1.29 is 8.81 Å². The van der Waals surface area contributed by atoms with Crippen LogP contribution in [-0.4, -0.2) is 10.2 Å². The average Bonchev–Trinajstić information content (AvgIpc) is 2.66. The largest absolute Gasteiger partial charge is 0.408 e. The molecule has 0 bridgehead atoms. The molecule has 16 heavy (non-hydrogen) atoms. The molecule has 4 nitrogen and oxygen atoms in total. The van der Waals surface area contributed by atoms with E-state index in [1.165, 1.54) is 12.1 Å². The van der Waals surface area contributed by atoms with Gasteiger partial charge in [-0.15, -0.1) is 5.10 Å². The molecule has 0 aliphatic rings. The molecule has 0 saturated carbocycles. The van der Waals surface area contributed by atoms with E-state index in [2.05, 4.69) is 31.4 Å². The molecule has 0 aliphatic heterocycles. The van der Waals surface area contributed by atoms with Crippen LogP contribution in [0.15, 0.2) is 27.1 Å². The van der Waals surface area contributed by atoms with Crippen LogP contribution in [0, 0.1) is 12.7 Å². The minimum absolute atomic E-state index is 0.276. The van der Waals surface area contributed by atoms with E-state index in [-0.39, 0.29) is 5.82 Å². The smallest absolute Gasteiger partial charge is 0.315 e. The fourth-order valence-electron chi connectivity index (χ4n) is 1.22. The standard InChI is InChI=1S/C10H9BrFN3O/c1-6-14-15-10(16-6)13-5-7-4-8(12)2-3-9(7)11/h2-4H,5H2,1H3,(H,13,15). The summed E-state index contributed by atoms with van der Waals surface area (Å²) in [6.45, 7) is 2.12. The lowest BCUT2D eigenvalue weighted by Crippen LogP contribution is -2.01. The van der Waals surface area contributed by atoms with Gasteiger partial charge < -0.3 is 9.73 Å². The summed E-state index contributed by atoms with van der Waals surface area (Å²) in [6.07, 6.45) is 0. The quantitative estimate of drug-likeness (QED) is 0.942. The number of aromatic nitrogens is 2. The number of aryl methyl sites for hydroxylation is 1. The highest BCUT2D eigenvalue weighted by atomic mass is 79.9. The highest BCUT2D eigenvalue weighted by Gasteiger charge is 2.04. The first-order valence-corrected chi connectivity index (χ1v) is 5.42. The van der Waals surface area contributed by atoms with Gasteiger partial charge in [0.05, 0.1) is 0 Å². The first-order chi connectivity index (χ1) is 7.65. The molecular weight excluding hydrogens is 277 g/mol. The summed E-state index contributed by atoms with van der Waals surface area (Å²) in [4.78, 5) is 0. The second-order valence-corrected chi connectivity index (χ2v) is 4.07. The van der Waals surface area contributed by atoms with Gasteiger partial charge in [0.15, 0.2) is 0 Å². The van der Waals surface area contributed by atoms with Crippen molar-refractivity contribution >= 4 is 21.9 Å². The van der Waals surface area contributed by atoms with Crippen molar-refractivity contribution in [1.82, 2.24) is 10.2 Å². The Morgan fingerprint density at radius 3 is 2.94 bits per heavy atom. The maximum atomic E-state index is 13.0. The molecule has 0 spiro atoms. The molecule has 84 valence electrons. The molecule has 1 N–H and O–H groups in total. The van der Waals surface area contributed by atoms with Crippen LogP contribution in [0.25, 0.3) is 0 Å². The minimum Gasteiger partial charge on any atom is -0.408 e. The molecule has 0 atom stereocenters. The van der Waals surface area contributed by atoms with Gasteiger partial charge in [0.25, 0.3) is 0 Å². The maximum absolute atomic E-state index is 13.0. The lowest BCUT2D eigenvalue weighted by Gasteiger charge is -2.04. The van der Waals surface area contributed by atoms with Crippen LogP contribution >= 0.6 is 15.9 Å². The Balaban J connectivity index is 2.07. The van der Waals surface area contributed by atoms with E-state index in [4.69, 9.17) is 4.42 Å². The maximum Gasteiger partial charge on any atom is 0.315 e. The van der Waals surface area contributed by atoms with Gasteiger partial charge in [-0.3, -0.25) is 0 Å². The Morgan fingerprint density at radius 1 is 1.44 bits per heavy atom. The second kappa shape index (κ2) is 4.61. The van der Waals surface area contributed by atoms with E-state index in [1.54, 1.807) is 13.0 Å². The molecule has 2 rings (SSSR count). The molecule has 0 radical (unpaired) electrons. The van der Waals surface area contributed by atoms with Crippen LogP contribution < -0.4 is 5.32 Å². The van der Waals surface area contributed by atoms with Gasteiger partial charge in [0.1, 0.15) is 5.82 Å². The van der Waals surface area contributed by atoms with Crippen LogP contribution in [0.4, 0.5) is 10.4 Å². The van der Waals surface area contributed by atoms with Crippen molar-refractivity contribution in [2.75, 3.05) is 5.32 Å². The third kappa shape index (κ3) is 2.57. The third-order valence-electron chi connectivity index (χ3n) is 1.96. The fourth-order valence-corrected chi connectivity index (χ4v) is 1.60. The van der Waals surface area contributed by atoms with Gasteiger partial charge in [0, 0.05) is 17.9 Å². The first kappa shape index (κ1) is 11.1. The number of nitrogens with zero attached hydrogens (tertiary/aromatic N) is 2. The minimum atomic E-state index is -0.276. The normalized spacial score (nSPS) is 10.4. The molecule has 0 fully saturated rings. The SMILES string of the molecule is Cc1nnc(NCc2cc(F)ccc2Br)o1. The van der Waals surface area contributed by atoms with Crippen LogP contribution in [0.1, 0.15) is 11.5 Å². The van der Waals surface area contributed by atoms with Crippen molar-refractivity contribution in [2.45, 2.75) is 13.5 Å². The monoisotopic (exact) mass is 285 g/mol. The summed E-state index contributed by atoms with van der Waals surface area (Å²) >= 11 is 3.34. The Hall–Kier alpha value is -1.43. The zero-order valence-corrected chi connectivity index (χ0v) is 10.1. The Labute approximate surface area is 100 Å². The number of hydrogen-bond acceptors (Lipinski definition) is 4. The van der Waals surface area contributed by atoms with Gasteiger partial charge in [0.2, 0.25) is 5.89 Å². The molecule has 0 unspecified atom stereocenters. The number of nitrogens with one attached hydrogen (secondary N) is 1. The molecule has 1 aromatic carbocycles. The zero-order valence-electron chi connectivity index (χ0n) is 8.50. The van der Waals surface area contributed by atoms with Crippen LogP contribution in [0.5, 0.6) is 0 Å². The summed E-state index contributed by atoms with van der Waals surface area (Å²) in [5.74, 6) is 0.211. The predicted octanol–water partition coefficient (Wildman–Crippen LogP) is 2.89. The Kier molecular flexibility index (Phi) is 3.19. The average molecular weight is 286 g/mol. The van der Waals surface area contributed by atoms with Crippen LogP contribution in [-0.2, 0) is 6.54 Å². The summed E-state index contributed by atoms with van der Waals surface area (Å²) in [7, 11) is 0. The van der Waals surface area contributed by atoms with Crippen molar-refractivity contribution in [3.8, 4) is 0 Å². The summed E-state index contributed by atoms with van der Waals surface area (Å²) < 4.78 is 18.9. The molecule has 0 amide bonds. The van der Waals surface area contributed by atoms with Crippen molar-refractivity contribution in [3.63, 3.8) is 0 Å². The van der Waals surface area contributed by atoms with E-state index in [0.717, 1.165) is 10.0 Å². The predicted molar refractivity (Wildman–Crippen MR) is 60.5 cm³/mol. The topological polar surface area (TPSA) is 51.0 Å². The molecular formula is C10H9BrFN3O. The van der Waals surface area contributed by atoms with Crippen molar-refractivity contribution in [2.24, 2.45) is 0 Å². The van der Waals surface area contributed by atoms with E-state index in [9.17, 15) is 4.39 Å². The van der Waals surface area contributed by atoms with Gasteiger partial charge in [-0.05, 0) is 23.8 Å². The molecule has 6 heteroatoms. The highest BCUT2D eigenvalue weighted by molar-refractivity contribution is 9.10. The zero-order chi connectivity index (χ0) is 11.5. The lowest BCUT2D eigenvalue weighted by molar-refractivity contribution is 0.530. The van der Waals surface area contributed by atoms with Gasteiger partial charge in [-0.1, -0.05) is 21.0 Å². The molecule has 0 saturated heterocycles. The molecule has 0 aliphatic carbocycles. The Bertz CT molecular complexity index is 501. The van der Waals surface area contributed by atoms with Crippen LogP contribution in [0.2, 0.25) is 0 Å².